The number of nitrogens with one attached hydrogen (secondary N) is 1. The van der Waals surface area contributed by atoms with Crippen molar-refractivity contribution in [3.8, 4) is 0 Å². The molecule has 7 nitrogen and oxygen atoms in total. The fourth-order valence-electron chi connectivity index (χ4n) is 1.79. The number of anilines is 2. The van der Waals surface area contributed by atoms with Gasteiger partial charge < -0.3 is 21.4 Å². The Morgan fingerprint density at radius 3 is 2.90 bits per heavy atom. The van der Waals surface area contributed by atoms with Gasteiger partial charge in [0.05, 0.1) is 12.0 Å². The molecule has 0 aliphatic carbocycles. The second-order valence-electron chi connectivity index (χ2n) is 4.43. The number of unbranched alkanes of at least 4 members (excludes halogenated alkanes) is 1. The summed E-state index contributed by atoms with van der Waals surface area (Å²) in [4.78, 5) is 19.1. The number of primary amides is 1. The minimum Gasteiger partial charge on any atom is -0.396 e. The Morgan fingerprint density at radius 2 is 2.20 bits per heavy atom. The molecule has 7 heteroatoms. The third-order valence-corrected chi connectivity index (χ3v) is 2.87. The average molecular weight is 274 g/mol. The molecule has 5 N–H and O–H groups in total. The van der Waals surface area contributed by atoms with Gasteiger partial charge in [0.1, 0.15) is 11.5 Å². The number of aryl methyl sites for hydroxylation is 1. The zero-order valence-corrected chi connectivity index (χ0v) is 11.1. The van der Waals surface area contributed by atoms with E-state index in [9.17, 15) is 4.79 Å². The van der Waals surface area contributed by atoms with Crippen LogP contribution in [0.15, 0.2) is 30.9 Å². The number of nitrogens with zero attached hydrogens (tertiary/aromatic N) is 3. The van der Waals surface area contributed by atoms with Crippen LogP contribution in [0.2, 0.25) is 0 Å². The van der Waals surface area contributed by atoms with E-state index in [1.54, 1.807) is 18.6 Å². The summed E-state index contributed by atoms with van der Waals surface area (Å²) < 4.78 is 2.03. The highest BCUT2D eigenvalue weighted by atomic mass is 16.1. The van der Waals surface area contributed by atoms with Crippen molar-refractivity contribution >= 4 is 17.4 Å². The largest absolute Gasteiger partial charge is 0.396 e. The van der Waals surface area contributed by atoms with E-state index in [-0.39, 0.29) is 5.69 Å². The summed E-state index contributed by atoms with van der Waals surface area (Å²) in [5.41, 5.74) is 11.7. The van der Waals surface area contributed by atoms with Crippen LogP contribution in [0, 0.1) is 0 Å². The van der Waals surface area contributed by atoms with Crippen LogP contribution < -0.4 is 16.8 Å². The predicted molar refractivity (Wildman–Crippen MR) is 77.1 cm³/mol. The fourth-order valence-corrected chi connectivity index (χ4v) is 1.79. The number of aromatic nitrogens is 3. The molecule has 0 aliphatic heterocycles. The Bertz CT molecular complexity index is 566. The number of carbonyl (C=O) groups is 1. The minimum atomic E-state index is -0.562. The summed E-state index contributed by atoms with van der Waals surface area (Å²) >= 11 is 0. The maximum absolute atomic E-state index is 11.1. The summed E-state index contributed by atoms with van der Waals surface area (Å²) in [6, 6.07) is 3.14. The smallest absolute Gasteiger partial charge is 0.267 e. The van der Waals surface area contributed by atoms with Crippen LogP contribution in [0.3, 0.4) is 0 Å². The number of hydrogen-bond acceptors (Lipinski definition) is 5. The molecule has 2 heterocycles. The van der Waals surface area contributed by atoms with Crippen LogP contribution in [-0.2, 0) is 6.54 Å². The quantitative estimate of drug-likeness (QED) is 0.648. The molecule has 0 unspecified atom stereocenters. The lowest BCUT2D eigenvalue weighted by molar-refractivity contribution is 0.0996. The van der Waals surface area contributed by atoms with Gasteiger partial charge >= 0.3 is 0 Å². The second kappa shape index (κ2) is 6.55. The summed E-state index contributed by atoms with van der Waals surface area (Å²) in [5.74, 6) is -0.0583. The molecule has 1 amide bonds. The van der Waals surface area contributed by atoms with Crippen molar-refractivity contribution in [1.82, 2.24) is 14.5 Å². The molecule has 2 aromatic heterocycles. The van der Waals surface area contributed by atoms with Crippen LogP contribution in [0.25, 0.3) is 0 Å². The van der Waals surface area contributed by atoms with E-state index < -0.39 is 5.91 Å². The third kappa shape index (κ3) is 3.71. The van der Waals surface area contributed by atoms with Crippen molar-refractivity contribution < 1.29 is 4.79 Å². The predicted octanol–water partition coefficient (Wildman–Crippen LogP) is 0.851. The molecule has 20 heavy (non-hydrogen) atoms. The van der Waals surface area contributed by atoms with Crippen LogP contribution >= 0.6 is 0 Å². The molecule has 0 aliphatic rings. The van der Waals surface area contributed by atoms with Gasteiger partial charge in [-0.1, -0.05) is 0 Å². The summed E-state index contributed by atoms with van der Waals surface area (Å²) in [5, 5.41) is 3.12. The van der Waals surface area contributed by atoms with E-state index in [2.05, 4.69) is 15.3 Å². The summed E-state index contributed by atoms with van der Waals surface area (Å²) in [7, 11) is 0. The lowest BCUT2D eigenvalue weighted by Crippen LogP contribution is -2.15. The first-order valence-electron chi connectivity index (χ1n) is 6.43. The van der Waals surface area contributed by atoms with Crippen molar-refractivity contribution in [1.29, 1.82) is 0 Å². The van der Waals surface area contributed by atoms with Gasteiger partial charge in [0.2, 0.25) is 0 Å². The van der Waals surface area contributed by atoms with Crippen molar-refractivity contribution in [3.63, 3.8) is 0 Å². The normalized spacial score (nSPS) is 10.4. The molecule has 0 bridgehead atoms. The van der Waals surface area contributed by atoms with Gasteiger partial charge in [0.15, 0.2) is 0 Å². The average Bonchev–Trinajstić information content (AvgIpc) is 2.93. The van der Waals surface area contributed by atoms with E-state index in [1.165, 1.54) is 6.07 Å². The van der Waals surface area contributed by atoms with Gasteiger partial charge in [0, 0.05) is 25.5 Å². The van der Waals surface area contributed by atoms with Gasteiger partial charge in [-0.3, -0.25) is 4.79 Å². The SMILES string of the molecule is NC(=O)c1ccc(N)c(NCCCCn2ccnc2)n1. The number of nitrogens with two attached hydrogens (primary N) is 2. The van der Waals surface area contributed by atoms with Crippen LogP contribution in [0.5, 0.6) is 0 Å². The number of amides is 1. The van der Waals surface area contributed by atoms with E-state index in [4.69, 9.17) is 11.5 Å². The molecule has 106 valence electrons. The van der Waals surface area contributed by atoms with Gasteiger partial charge in [-0.15, -0.1) is 0 Å². The first kappa shape index (κ1) is 13.9. The van der Waals surface area contributed by atoms with Crippen molar-refractivity contribution in [3.05, 3.63) is 36.5 Å². The first-order chi connectivity index (χ1) is 9.66. The molecule has 0 saturated heterocycles. The standard InChI is InChI=1S/C13H18N6O/c14-10-3-4-11(12(15)20)18-13(10)17-5-1-2-7-19-8-6-16-9-19/h3-4,6,8-9H,1-2,5,7,14H2,(H2,15,20)(H,17,18). The Balaban J connectivity index is 1.78. The molecular weight excluding hydrogens is 256 g/mol. The lowest BCUT2D eigenvalue weighted by atomic mass is 10.3. The number of nitrogen functional groups attached to an aromatic ring is 1. The highest BCUT2D eigenvalue weighted by Gasteiger charge is 2.06. The maximum atomic E-state index is 11.1. The Kier molecular flexibility index (Phi) is 4.54. The van der Waals surface area contributed by atoms with Gasteiger partial charge in [-0.05, 0) is 25.0 Å². The Hall–Kier alpha value is -2.57. The Labute approximate surface area is 117 Å². The molecule has 0 aromatic carbocycles. The summed E-state index contributed by atoms with van der Waals surface area (Å²) in [6.45, 7) is 1.65. The number of rotatable bonds is 7. The van der Waals surface area contributed by atoms with E-state index >= 15 is 0 Å². The van der Waals surface area contributed by atoms with Crippen LogP contribution in [0.4, 0.5) is 11.5 Å². The number of carbonyl (C=O) groups excluding carboxylic acids is 1. The number of hydrogen-bond donors (Lipinski definition) is 3. The fraction of sp³-hybridized carbons (Fsp3) is 0.308. The summed E-state index contributed by atoms with van der Waals surface area (Å²) in [6.07, 6.45) is 7.46. The van der Waals surface area contributed by atoms with Crippen LogP contribution in [-0.4, -0.2) is 27.0 Å². The monoisotopic (exact) mass is 274 g/mol. The zero-order chi connectivity index (χ0) is 14.4. The van der Waals surface area contributed by atoms with Gasteiger partial charge in [0.25, 0.3) is 5.91 Å². The molecule has 0 fully saturated rings. The lowest BCUT2D eigenvalue weighted by Gasteiger charge is -2.09. The first-order valence-corrected chi connectivity index (χ1v) is 6.43. The molecule has 2 aromatic rings. The van der Waals surface area contributed by atoms with Crippen molar-refractivity contribution in [2.75, 3.05) is 17.6 Å². The van der Waals surface area contributed by atoms with E-state index in [0.29, 0.717) is 11.5 Å². The molecule has 0 atom stereocenters. The third-order valence-electron chi connectivity index (χ3n) is 2.87. The van der Waals surface area contributed by atoms with E-state index in [0.717, 1.165) is 25.9 Å². The Morgan fingerprint density at radius 1 is 1.35 bits per heavy atom. The maximum Gasteiger partial charge on any atom is 0.267 e. The van der Waals surface area contributed by atoms with Crippen molar-refractivity contribution in [2.45, 2.75) is 19.4 Å². The molecule has 0 saturated carbocycles. The minimum absolute atomic E-state index is 0.208. The number of imidazole rings is 1. The van der Waals surface area contributed by atoms with Gasteiger partial charge in [-0.2, -0.15) is 0 Å². The highest BCUT2D eigenvalue weighted by Crippen LogP contribution is 2.15. The highest BCUT2D eigenvalue weighted by molar-refractivity contribution is 5.91. The molecular formula is C13H18N6O. The van der Waals surface area contributed by atoms with Crippen molar-refractivity contribution in [2.24, 2.45) is 5.73 Å². The molecule has 0 spiro atoms. The van der Waals surface area contributed by atoms with Crippen LogP contribution in [0.1, 0.15) is 23.3 Å². The number of pyridine rings is 1. The molecule has 0 radical (unpaired) electrons. The second-order valence-corrected chi connectivity index (χ2v) is 4.43. The zero-order valence-electron chi connectivity index (χ0n) is 11.1. The van der Waals surface area contributed by atoms with Gasteiger partial charge in [-0.25, -0.2) is 9.97 Å². The van der Waals surface area contributed by atoms with E-state index in [1.807, 2.05) is 10.8 Å². The topological polar surface area (TPSA) is 112 Å². The molecule has 2 rings (SSSR count).